The molecule has 0 bridgehead atoms. The van der Waals surface area contributed by atoms with E-state index in [9.17, 15) is 0 Å². The first-order valence-corrected chi connectivity index (χ1v) is 16.6. The molecule has 10 rings (SSSR count). The number of aromatic nitrogens is 1. The fraction of sp³-hybridized carbons (Fsp3) is 0.140. The van der Waals surface area contributed by atoms with Gasteiger partial charge in [0.15, 0.2) is 0 Å². The fourth-order valence-electron chi connectivity index (χ4n) is 7.92. The average molecular weight is 606 g/mol. The molecule has 1 aliphatic carbocycles. The van der Waals surface area contributed by atoms with Gasteiger partial charge in [-0.1, -0.05) is 103 Å². The van der Waals surface area contributed by atoms with Crippen LogP contribution in [0.15, 0.2) is 153 Å². The van der Waals surface area contributed by atoms with Crippen LogP contribution in [0.4, 0.5) is 0 Å². The zero-order valence-electron chi connectivity index (χ0n) is 25.9. The van der Waals surface area contributed by atoms with Crippen molar-refractivity contribution in [1.29, 1.82) is 0 Å². The van der Waals surface area contributed by atoms with Crippen molar-refractivity contribution in [3.8, 4) is 11.3 Å². The van der Waals surface area contributed by atoms with E-state index in [-0.39, 0.29) is 6.04 Å². The first-order chi connectivity index (χ1) is 23.3. The highest BCUT2D eigenvalue weighted by Gasteiger charge is 2.34. The summed E-state index contributed by atoms with van der Waals surface area (Å²) in [4.78, 5) is 15.8. The second-order valence-corrected chi connectivity index (χ2v) is 13.0. The maximum absolute atomic E-state index is 6.51. The molecule has 0 saturated heterocycles. The third-order valence-corrected chi connectivity index (χ3v) is 10.3. The van der Waals surface area contributed by atoms with Gasteiger partial charge in [-0.2, -0.15) is 0 Å². The average Bonchev–Trinajstić information content (AvgIpc) is 3.53. The highest BCUT2D eigenvalue weighted by Crippen LogP contribution is 2.42. The second kappa shape index (κ2) is 10.5. The van der Waals surface area contributed by atoms with Crippen molar-refractivity contribution in [2.45, 2.75) is 31.7 Å². The van der Waals surface area contributed by atoms with Crippen molar-refractivity contribution in [2.24, 2.45) is 15.9 Å². The molecular formula is C43H31N3O. The summed E-state index contributed by atoms with van der Waals surface area (Å²) >= 11 is 0. The van der Waals surface area contributed by atoms with E-state index in [1.165, 1.54) is 22.5 Å². The molecule has 2 atom stereocenters. The lowest BCUT2D eigenvalue weighted by molar-refractivity contribution is 0.465. The largest absolute Gasteiger partial charge is 0.455 e. The summed E-state index contributed by atoms with van der Waals surface area (Å²) in [5, 5.41) is 5.57. The molecule has 0 N–H and O–H groups in total. The van der Waals surface area contributed by atoms with E-state index in [4.69, 9.17) is 19.4 Å². The molecule has 0 spiro atoms. The van der Waals surface area contributed by atoms with Gasteiger partial charge in [-0.15, -0.1) is 0 Å². The van der Waals surface area contributed by atoms with Gasteiger partial charge in [-0.05, 0) is 66.7 Å². The van der Waals surface area contributed by atoms with Crippen LogP contribution in [-0.2, 0) is 0 Å². The highest BCUT2D eigenvalue weighted by atomic mass is 16.3. The Hall–Kier alpha value is -5.61. The van der Waals surface area contributed by atoms with E-state index in [0.717, 1.165) is 91.8 Å². The zero-order valence-corrected chi connectivity index (χ0v) is 25.9. The molecule has 7 aromatic rings. The van der Waals surface area contributed by atoms with Crippen LogP contribution in [0.3, 0.4) is 0 Å². The Labute approximate surface area is 272 Å². The number of pyridine rings is 1. The molecule has 0 amide bonds. The Morgan fingerprint density at radius 2 is 1.38 bits per heavy atom. The van der Waals surface area contributed by atoms with Crippen LogP contribution in [0.25, 0.3) is 54.9 Å². The molecule has 4 heteroatoms. The molecule has 2 aliphatic heterocycles. The number of dihydropyridines is 1. The molecule has 0 fully saturated rings. The van der Waals surface area contributed by atoms with Crippen LogP contribution in [0.1, 0.15) is 36.8 Å². The lowest BCUT2D eigenvalue weighted by Gasteiger charge is -2.34. The standard InChI is InChI=1S/C43H31N3O/c1-2-8-26(9-3-1)35-24-20-29-18-19-30-21-25-36(45-42(30)41(29)44-35)27-14-16-28(17-15-27)40-34-23-22-32-31-10-5-7-13-38(31)47-43(32)39(34)33-11-4-6-12-37(33)46-40/h1-17,21-23,25,30,42H,18-20,24H2. The van der Waals surface area contributed by atoms with Crippen molar-refractivity contribution < 1.29 is 4.42 Å². The van der Waals surface area contributed by atoms with Crippen molar-refractivity contribution >= 4 is 55.0 Å². The van der Waals surface area contributed by atoms with E-state index in [2.05, 4.69) is 115 Å². The summed E-state index contributed by atoms with van der Waals surface area (Å²) in [5.41, 5.74) is 12.1. The Bertz CT molecular complexity index is 2510. The Morgan fingerprint density at radius 3 is 2.28 bits per heavy atom. The predicted molar refractivity (Wildman–Crippen MR) is 193 cm³/mol. The number of hydrogen-bond donors (Lipinski definition) is 0. The third kappa shape index (κ3) is 4.25. The molecule has 4 heterocycles. The molecule has 5 aromatic carbocycles. The predicted octanol–water partition coefficient (Wildman–Crippen LogP) is 10.6. The van der Waals surface area contributed by atoms with Gasteiger partial charge >= 0.3 is 0 Å². The van der Waals surface area contributed by atoms with Crippen LogP contribution in [0.5, 0.6) is 0 Å². The Kier molecular flexibility index (Phi) is 5.92. The lowest BCUT2D eigenvalue weighted by atomic mass is 9.78. The minimum Gasteiger partial charge on any atom is -0.455 e. The minimum absolute atomic E-state index is 0.0785. The van der Waals surface area contributed by atoms with Gasteiger partial charge in [0.1, 0.15) is 11.2 Å². The molecule has 0 saturated carbocycles. The Morgan fingerprint density at radius 1 is 0.617 bits per heavy atom. The van der Waals surface area contributed by atoms with Crippen molar-refractivity contribution in [1.82, 2.24) is 4.98 Å². The third-order valence-electron chi connectivity index (χ3n) is 10.3. The van der Waals surface area contributed by atoms with Crippen LogP contribution >= 0.6 is 0 Å². The van der Waals surface area contributed by atoms with Gasteiger partial charge in [0.25, 0.3) is 0 Å². The first kappa shape index (κ1) is 26.6. The maximum atomic E-state index is 6.51. The molecule has 2 unspecified atom stereocenters. The number of allylic oxidation sites excluding steroid dienone is 2. The summed E-state index contributed by atoms with van der Waals surface area (Å²) in [6, 6.07) is 40.5. The van der Waals surface area contributed by atoms with Crippen LogP contribution in [-0.4, -0.2) is 22.4 Å². The molecule has 0 radical (unpaired) electrons. The smallest absolute Gasteiger partial charge is 0.144 e. The van der Waals surface area contributed by atoms with Crippen molar-refractivity contribution in [2.75, 3.05) is 0 Å². The van der Waals surface area contributed by atoms with E-state index >= 15 is 0 Å². The van der Waals surface area contributed by atoms with Gasteiger partial charge in [-0.25, -0.2) is 4.98 Å². The van der Waals surface area contributed by atoms with E-state index < -0.39 is 0 Å². The number of benzene rings is 5. The minimum atomic E-state index is 0.0785. The summed E-state index contributed by atoms with van der Waals surface area (Å²) < 4.78 is 6.51. The second-order valence-electron chi connectivity index (χ2n) is 13.0. The quantitative estimate of drug-likeness (QED) is 0.188. The number of para-hydroxylation sites is 2. The maximum Gasteiger partial charge on any atom is 0.144 e. The van der Waals surface area contributed by atoms with Gasteiger partial charge in [0.05, 0.1) is 28.7 Å². The zero-order chi connectivity index (χ0) is 30.9. The normalized spacial score (nSPS) is 19.2. The molecule has 4 nitrogen and oxygen atoms in total. The van der Waals surface area contributed by atoms with E-state index in [1.807, 2.05) is 12.1 Å². The number of rotatable bonds is 3. The number of furan rings is 1. The van der Waals surface area contributed by atoms with Crippen LogP contribution in [0.2, 0.25) is 0 Å². The monoisotopic (exact) mass is 605 g/mol. The number of aliphatic imine (C=N–C) groups is 2. The molecule has 224 valence electrons. The number of hydrogen-bond acceptors (Lipinski definition) is 4. The number of nitrogens with zero attached hydrogens (tertiary/aromatic N) is 3. The van der Waals surface area contributed by atoms with Crippen LogP contribution in [0, 0.1) is 5.92 Å². The van der Waals surface area contributed by atoms with Gasteiger partial charge < -0.3 is 4.42 Å². The van der Waals surface area contributed by atoms with Gasteiger partial charge in [0.2, 0.25) is 0 Å². The van der Waals surface area contributed by atoms with Gasteiger partial charge in [-0.3, -0.25) is 9.98 Å². The van der Waals surface area contributed by atoms with Gasteiger partial charge in [0, 0.05) is 44.1 Å². The number of fused-ring (bicyclic) bond motifs is 9. The molecule has 3 aliphatic rings. The summed E-state index contributed by atoms with van der Waals surface area (Å²) in [5.74, 6) is 0.402. The molecular weight excluding hydrogens is 574 g/mol. The topological polar surface area (TPSA) is 50.8 Å². The lowest BCUT2D eigenvalue weighted by Crippen LogP contribution is -2.30. The Balaban J connectivity index is 1.05. The summed E-state index contributed by atoms with van der Waals surface area (Å²) in [6.07, 6.45) is 8.95. The van der Waals surface area contributed by atoms with Crippen molar-refractivity contribution in [3.05, 3.63) is 150 Å². The van der Waals surface area contributed by atoms with Crippen LogP contribution < -0.4 is 0 Å². The molecule has 2 aromatic heterocycles. The van der Waals surface area contributed by atoms with Crippen molar-refractivity contribution in [3.63, 3.8) is 0 Å². The molecule has 47 heavy (non-hydrogen) atoms. The summed E-state index contributed by atoms with van der Waals surface area (Å²) in [7, 11) is 0. The highest BCUT2D eigenvalue weighted by molar-refractivity contribution is 6.24. The first-order valence-electron chi connectivity index (χ1n) is 16.6. The summed E-state index contributed by atoms with van der Waals surface area (Å²) in [6.45, 7) is 0. The SMILES string of the molecule is C1=CC2CCC3=C(N=C(c4ccccc4)CC3)C2N=C1c1ccc(-c2nc3ccccc3c3c2ccc2c4ccccc4oc23)cc1. The van der Waals surface area contributed by atoms with E-state index in [0.29, 0.717) is 5.92 Å². The fourth-order valence-corrected chi connectivity index (χ4v) is 7.92. The van der Waals surface area contributed by atoms with E-state index in [1.54, 1.807) is 0 Å².